The first-order valence-corrected chi connectivity index (χ1v) is 17.0. The number of fused-ring (bicyclic) bond motifs is 4. The first-order valence-electron chi connectivity index (χ1n) is 17.0. The number of phenols is 1. The zero-order chi connectivity index (χ0) is 31.9. The fraction of sp³-hybridized carbons (Fsp3) is 0.474. The van der Waals surface area contributed by atoms with Crippen molar-refractivity contribution in [1.29, 1.82) is 0 Å². The van der Waals surface area contributed by atoms with E-state index in [9.17, 15) is 9.50 Å². The Balaban J connectivity index is 1.11. The van der Waals surface area contributed by atoms with Gasteiger partial charge >= 0.3 is 6.01 Å². The summed E-state index contributed by atoms with van der Waals surface area (Å²) in [5.74, 6) is 3.07. The number of anilines is 1. The van der Waals surface area contributed by atoms with E-state index in [1.807, 2.05) is 13.0 Å². The van der Waals surface area contributed by atoms with Crippen molar-refractivity contribution < 1.29 is 19.0 Å². The highest BCUT2D eigenvalue weighted by Crippen LogP contribution is 2.49. The number of terminal acetylenes is 1. The Bertz CT molecular complexity index is 1950. The normalized spacial score (nSPS) is 24.1. The number of nitrogens with one attached hydrogen (secondary N) is 1. The number of aromatic nitrogens is 2. The molecule has 4 aromatic rings. The van der Waals surface area contributed by atoms with Crippen molar-refractivity contribution in [2.45, 2.75) is 63.1 Å². The predicted octanol–water partition coefficient (Wildman–Crippen LogP) is 5.55. The van der Waals surface area contributed by atoms with Crippen LogP contribution in [0.15, 0.2) is 36.4 Å². The van der Waals surface area contributed by atoms with E-state index < -0.39 is 5.82 Å². The SMILES string of the molecule is C#Cc1c(F)ccc2cc(O)cc(-c3cc4nc(OCC5(CN6CCOC7(CC7)C6)CC5)nc(N5CC6CCC(C5)N6)c4cc3C)c12. The van der Waals surface area contributed by atoms with E-state index in [1.54, 1.807) is 18.2 Å². The average Bonchev–Trinajstić information content (AvgIpc) is 3.98. The molecule has 3 saturated heterocycles. The topological polar surface area (TPSA) is 83.0 Å². The molecule has 5 fully saturated rings. The Labute approximate surface area is 274 Å². The Morgan fingerprint density at radius 3 is 2.64 bits per heavy atom. The van der Waals surface area contributed by atoms with Gasteiger partial charge in [0.25, 0.3) is 0 Å². The minimum Gasteiger partial charge on any atom is -0.508 e. The highest BCUT2D eigenvalue weighted by atomic mass is 19.1. The summed E-state index contributed by atoms with van der Waals surface area (Å²) in [6.45, 7) is 8.20. The lowest BCUT2D eigenvalue weighted by atomic mass is 9.91. The molecule has 2 bridgehead atoms. The van der Waals surface area contributed by atoms with Crippen molar-refractivity contribution >= 4 is 27.5 Å². The molecule has 2 atom stereocenters. The summed E-state index contributed by atoms with van der Waals surface area (Å²) < 4.78 is 27.5. The van der Waals surface area contributed by atoms with Crippen molar-refractivity contribution in [1.82, 2.24) is 20.2 Å². The van der Waals surface area contributed by atoms with Crippen molar-refractivity contribution in [3.63, 3.8) is 0 Å². The predicted molar refractivity (Wildman–Crippen MR) is 180 cm³/mol. The zero-order valence-electron chi connectivity index (χ0n) is 26.8. The summed E-state index contributed by atoms with van der Waals surface area (Å²) in [4.78, 5) is 15.0. The molecule has 4 heterocycles. The van der Waals surface area contributed by atoms with E-state index in [1.165, 1.54) is 31.7 Å². The lowest BCUT2D eigenvalue weighted by Crippen LogP contribution is -2.51. The second-order valence-electron chi connectivity index (χ2n) is 14.7. The molecule has 242 valence electrons. The zero-order valence-corrected chi connectivity index (χ0v) is 26.8. The average molecular weight is 634 g/mol. The molecular formula is C38H40FN5O3. The largest absolute Gasteiger partial charge is 0.508 e. The number of hydrogen-bond donors (Lipinski definition) is 2. The molecule has 0 radical (unpaired) electrons. The van der Waals surface area contributed by atoms with Gasteiger partial charge in [-0.3, -0.25) is 4.90 Å². The summed E-state index contributed by atoms with van der Waals surface area (Å²) in [5.41, 5.74) is 3.63. The quantitative estimate of drug-likeness (QED) is 0.257. The van der Waals surface area contributed by atoms with Gasteiger partial charge in [-0.15, -0.1) is 6.42 Å². The summed E-state index contributed by atoms with van der Waals surface area (Å²) in [6, 6.07) is 11.7. The molecule has 2 unspecified atom stereocenters. The van der Waals surface area contributed by atoms with Gasteiger partial charge in [-0.2, -0.15) is 9.97 Å². The Morgan fingerprint density at radius 2 is 1.89 bits per heavy atom. The third-order valence-corrected chi connectivity index (χ3v) is 11.2. The van der Waals surface area contributed by atoms with Crippen molar-refractivity contribution in [2.75, 3.05) is 50.8 Å². The summed E-state index contributed by atoms with van der Waals surface area (Å²) >= 11 is 0. The maximum atomic E-state index is 15.0. The molecule has 1 aromatic heterocycles. The van der Waals surface area contributed by atoms with Gasteiger partial charge in [0.15, 0.2) is 0 Å². The van der Waals surface area contributed by atoms with Crippen LogP contribution in [0, 0.1) is 30.5 Å². The second kappa shape index (κ2) is 10.8. The van der Waals surface area contributed by atoms with Crippen LogP contribution in [-0.2, 0) is 4.74 Å². The van der Waals surface area contributed by atoms with Crippen LogP contribution in [0.1, 0.15) is 49.7 Å². The van der Waals surface area contributed by atoms with Gasteiger partial charge in [-0.05, 0) is 97.9 Å². The van der Waals surface area contributed by atoms with Crippen LogP contribution < -0.4 is 15.0 Å². The minimum absolute atomic E-state index is 0.0906. The van der Waals surface area contributed by atoms with Gasteiger partial charge in [-0.25, -0.2) is 4.39 Å². The summed E-state index contributed by atoms with van der Waals surface area (Å²) in [5, 5.41) is 16.7. The number of rotatable bonds is 7. The number of benzene rings is 3. The summed E-state index contributed by atoms with van der Waals surface area (Å²) in [7, 11) is 0. The van der Waals surface area contributed by atoms with E-state index in [-0.39, 0.29) is 22.3 Å². The van der Waals surface area contributed by atoms with Crippen LogP contribution in [-0.4, -0.2) is 83.6 Å². The molecule has 3 aromatic carbocycles. The van der Waals surface area contributed by atoms with Crippen molar-refractivity contribution in [3.8, 4) is 35.2 Å². The molecular weight excluding hydrogens is 593 g/mol. The van der Waals surface area contributed by atoms with E-state index in [0.717, 1.165) is 80.0 Å². The van der Waals surface area contributed by atoms with Crippen LogP contribution in [0.2, 0.25) is 0 Å². The lowest BCUT2D eigenvalue weighted by molar-refractivity contribution is -0.0532. The number of morpholine rings is 1. The van der Waals surface area contributed by atoms with Gasteiger partial charge in [0.2, 0.25) is 0 Å². The van der Waals surface area contributed by atoms with E-state index in [0.29, 0.717) is 41.0 Å². The number of hydrogen-bond acceptors (Lipinski definition) is 8. The molecule has 0 amide bonds. The molecule has 47 heavy (non-hydrogen) atoms. The highest BCUT2D eigenvalue weighted by molar-refractivity contribution is 6.04. The highest BCUT2D eigenvalue weighted by Gasteiger charge is 2.51. The number of nitrogens with zero attached hydrogens (tertiary/aromatic N) is 4. The lowest BCUT2D eigenvalue weighted by Gasteiger charge is -2.35. The number of halogens is 1. The first-order chi connectivity index (χ1) is 22.8. The Kier molecular flexibility index (Phi) is 6.69. The molecule has 2 N–H and O–H groups in total. The van der Waals surface area contributed by atoms with Crippen LogP contribution in [0.3, 0.4) is 0 Å². The minimum atomic E-state index is -0.461. The van der Waals surface area contributed by atoms with Crippen LogP contribution in [0.5, 0.6) is 11.8 Å². The smallest absolute Gasteiger partial charge is 0.318 e. The number of phenolic OH excluding ortho intramolecular Hbond substituents is 1. The van der Waals surface area contributed by atoms with Gasteiger partial charge in [0.1, 0.15) is 17.4 Å². The Hall–Kier alpha value is -3.97. The van der Waals surface area contributed by atoms with Crippen LogP contribution >= 0.6 is 0 Å². The third-order valence-electron chi connectivity index (χ3n) is 11.2. The first kappa shape index (κ1) is 29.2. The van der Waals surface area contributed by atoms with Gasteiger partial charge in [0.05, 0.1) is 29.9 Å². The number of piperazine rings is 1. The summed E-state index contributed by atoms with van der Waals surface area (Å²) in [6.07, 6.45) is 12.8. The molecule has 1 spiro atoms. The van der Waals surface area contributed by atoms with Crippen molar-refractivity contribution in [2.24, 2.45) is 5.41 Å². The van der Waals surface area contributed by atoms with E-state index in [4.69, 9.17) is 25.9 Å². The van der Waals surface area contributed by atoms with E-state index in [2.05, 4.69) is 27.1 Å². The maximum absolute atomic E-state index is 15.0. The van der Waals surface area contributed by atoms with Gasteiger partial charge in [0, 0.05) is 61.0 Å². The van der Waals surface area contributed by atoms with Gasteiger partial charge < -0.3 is 24.8 Å². The maximum Gasteiger partial charge on any atom is 0.318 e. The van der Waals surface area contributed by atoms with E-state index >= 15 is 0 Å². The fourth-order valence-electron chi connectivity index (χ4n) is 8.31. The van der Waals surface area contributed by atoms with Crippen molar-refractivity contribution in [3.05, 3.63) is 53.3 Å². The third kappa shape index (κ3) is 5.27. The molecule has 2 aliphatic carbocycles. The molecule has 9 heteroatoms. The number of ether oxygens (including phenoxy) is 2. The second-order valence-corrected chi connectivity index (χ2v) is 14.7. The monoisotopic (exact) mass is 633 g/mol. The van der Waals surface area contributed by atoms with Crippen LogP contribution in [0.4, 0.5) is 10.2 Å². The van der Waals surface area contributed by atoms with Crippen LogP contribution in [0.25, 0.3) is 32.8 Å². The molecule has 2 saturated carbocycles. The Morgan fingerprint density at radius 1 is 1.09 bits per heavy atom. The number of aromatic hydroxyl groups is 1. The molecule has 3 aliphatic heterocycles. The van der Waals surface area contributed by atoms with Gasteiger partial charge in [-0.1, -0.05) is 12.0 Å². The standard InChI is InChI=1S/C38H40FN5O3/c1-3-28-32(39)7-4-24-15-27(45)16-30(34(24)28)29-17-33-31(14-23(29)2)35(44-18-25-5-6-26(19-44)40-25)42-36(41-33)46-22-37(8-9-37)20-43-12-13-47-38(21-43)10-11-38/h1,4,7,14-17,25-26,40,45H,5-6,8-13,18-22H2,2H3. The molecule has 9 rings (SSSR count). The fourth-order valence-corrected chi connectivity index (χ4v) is 8.31. The molecule has 8 nitrogen and oxygen atoms in total. The number of aryl methyl sites for hydroxylation is 1. The molecule has 5 aliphatic rings.